The van der Waals surface area contributed by atoms with Crippen molar-refractivity contribution in [2.24, 2.45) is 0 Å². The van der Waals surface area contributed by atoms with Gasteiger partial charge in [0.15, 0.2) is 0 Å². The number of carboxylic acids is 1. The first kappa shape index (κ1) is 16.7. The maximum absolute atomic E-state index is 12.2. The Bertz CT molecular complexity index is 540. The topological polar surface area (TPSA) is 77.9 Å². The highest BCUT2D eigenvalue weighted by atomic mass is 16.4. The van der Waals surface area contributed by atoms with Crippen LogP contribution in [0, 0.1) is 0 Å². The van der Waals surface area contributed by atoms with Gasteiger partial charge in [-0.05, 0) is 18.6 Å². The van der Waals surface area contributed by atoms with Crippen LogP contribution in [-0.4, -0.2) is 59.9 Å². The molecule has 6 heteroatoms. The zero-order valence-corrected chi connectivity index (χ0v) is 12.5. The first-order chi connectivity index (χ1) is 9.86. The molecule has 21 heavy (non-hydrogen) atoms. The van der Waals surface area contributed by atoms with Crippen LogP contribution in [0.1, 0.15) is 22.8 Å². The van der Waals surface area contributed by atoms with E-state index in [0.29, 0.717) is 12.1 Å². The van der Waals surface area contributed by atoms with Gasteiger partial charge in [-0.15, -0.1) is 0 Å². The summed E-state index contributed by atoms with van der Waals surface area (Å²) in [5.74, 6) is -1.50. The highest BCUT2D eigenvalue weighted by Crippen LogP contribution is 2.11. The molecule has 2 amide bonds. The van der Waals surface area contributed by atoms with Gasteiger partial charge in [0.05, 0.1) is 18.5 Å². The van der Waals surface area contributed by atoms with Crippen molar-refractivity contribution in [3.63, 3.8) is 0 Å². The Hall–Kier alpha value is -2.37. The average molecular weight is 292 g/mol. The van der Waals surface area contributed by atoms with E-state index < -0.39 is 5.97 Å². The Morgan fingerprint density at radius 2 is 1.71 bits per heavy atom. The molecule has 0 saturated heterocycles. The molecular formula is C15H20N2O4. The number of carbonyl (C=O) groups is 3. The summed E-state index contributed by atoms with van der Waals surface area (Å²) in [6.07, 6.45) is -0.0307. The van der Waals surface area contributed by atoms with Gasteiger partial charge >= 0.3 is 5.97 Å². The second-order valence-corrected chi connectivity index (χ2v) is 4.84. The third kappa shape index (κ3) is 4.59. The lowest BCUT2D eigenvalue weighted by Crippen LogP contribution is -2.40. The van der Waals surface area contributed by atoms with E-state index in [9.17, 15) is 14.4 Å². The lowest BCUT2D eigenvalue weighted by molar-refractivity contribution is -0.138. The number of nitrogens with zero attached hydrogens (tertiary/aromatic N) is 2. The van der Waals surface area contributed by atoms with Gasteiger partial charge in [-0.2, -0.15) is 0 Å². The predicted molar refractivity (Wildman–Crippen MR) is 78.1 cm³/mol. The number of amides is 2. The van der Waals surface area contributed by atoms with E-state index in [-0.39, 0.29) is 30.3 Å². The lowest BCUT2D eigenvalue weighted by atomic mass is 10.0. The average Bonchev–Trinajstić information content (AvgIpc) is 2.44. The first-order valence-electron chi connectivity index (χ1n) is 6.66. The smallest absolute Gasteiger partial charge is 0.335 e. The summed E-state index contributed by atoms with van der Waals surface area (Å²) in [6.45, 7) is 2.18. The molecule has 0 fully saturated rings. The van der Waals surface area contributed by atoms with Crippen LogP contribution in [0.15, 0.2) is 24.3 Å². The number of carboxylic acid groups (broad SMARTS) is 1. The monoisotopic (exact) mass is 292 g/mol. The molecule has 0 heterocycles. The number of hydrogen-bond donors (Lipinski definition) is 1. The molecule has 0 spiro atoms. The fourth-order valence-electron chi connectivity index (χ4n) is 1.84. The van der Waals surface area contributed by atoms with Gasteiger partial charge in [0, 0.05) is 20.6 Å². The van der Waals surface area contributed by atoms with Crippen LogP contribution in [0.25, 0.3) is 0 Å². The number of hydrogen-bond acceptors (Lipinski definition) is 3. The molecule has 0 radical (unpaired) electrons. The van der Waals surface area contributed by atoms with Crippen LogP contribution in [0.3, 0.4) is 0 Å². The summed E-state index contributed by atoms with van der Waals surface area (Å²) in [5, 5.41) is 9.11. The largest absolute Gasteiger partial charge is 0.478 e. The summed E-state index contributed by atoms with van der Waals surface area (Å²) in [7, 11) is 3.25. The summed E-state index contributed by atoms with van der Waals surface area (Å²) in [4.78, 5) is 37.9. The highest BCUT2D eigenvalue weighted by molar-refractivity contribution is 5.92. The van der Waals surface area contributed by atoms with Crippen LogP contribution < -0.4 is 0 Å². The molecule has 6 nitrogen and oxygen atoms in total. The van der Waals surface area contributed by atoms with E-state index in [2.05, 4.69) is 0 Å². The minimum absolute atomic E-state index is 0.00241. The summed E-state index contributed by atoms with van der Waals surface area (Å²) in [5.41, 5.74) is 0.562. The zero-order chi connectivity index (χ0) is 16.0. The van der Waals surface area contributed by atoms with Gasteiger partial charge in [-0.3, -0.25) is 9.59 Å². The van der Waals surface area contributed by atoms with E-state index in [1.807, 2.05) is 0 Å². The predicted octanol–water partition coefficient (Wildman–Crippen LogP) is 0.864. The maximum atomic E-state index is 12.2. The molecule has 1 aromatic rings. The zero-order valence-electron chi connectivity index (χ0n) is 12.5. The number of likely N-dealkylation sites (N-methyl/N-ethyl adjacent to an activating group) is 2. The van der Waals surface area contributed by atoms with Crippen molar-refractivity contribution in [1.29, 1.82) is 0 Å². The van der Waals surface area contributed by atoms with Crippen LogP contribution in [0.2, 0.25) is 0 Å². The molecule has 1 rings (SSSR count). The summed E-state index contributed by atoms with van der Waals surface area (Å²) < 4.78 is 0. The molecular weight excluding hydrogens is 272 g/mol. The Kier molecular flexibility index (Phi) is 5.90. The molecule has 0 bridgehead atoms. The standard InChI is InChI=1S/C15H20N2O4/c1-4-17(10-14(19)16(2)3)13(18)9-11-7-5-6-8-12(11)15(20)21/h5-8H,4,9-10H2,1-3H3,(H,20,21). The van der Waals surface area contributed by atoms with Crippen molar-refractivity contribution in [3.8, 4) is 0 Å². The molecule has 114 valence electrons. The fourth-order valence-corrected chi connectivity index (χ4v) is 1.84. The number of rotatable bonds is 6. The van der Waals surface area contributed by atoms with Crippen molar-refractivity contribution >= 4 is 17.8 Å². The van der Waals surface area contributed by atoms with E-state index in [1.165, 1.54) is 15.9 Å². The quantitative estimate of drug-likeness (QED) is 0.843. The highest BCUT2D eigenvalue weighted by Gasteiger charge is 2.19. The van der Waals surface area contributed by atoms with Crippen molar-refractivity contribution < 1.29 is 19.5 Å². The number of benzene rings is 1. The van der Waals surface area contributed by atoms with Crippen molar-refractivity contribution in [1.82, 2.24) is 9.80 Å². The third-order valence-corrected chi connectivity index (χ3v) is 3.15. The Morgan fingerprint density at radius 3 is 2.24 bits per heavy atom. The van der Waals surface area contributed by atoms with Gasteiger partial charge < -0.3 is 14.9 Å². The third-order valence-electron chi connectivity index (χ3n) is 3.15. The number of aromatic carboxylic acids is 1. The molecule has 0 aliphatic rings. The Balaban J connectivity index is 2.84. The van der Waals surface area contributed by atoms with Crippen LogP contribution in [0.4, 0.5) is 0 Å². The SMILES string of the molecule is CCN(CC(=O)N(C)C)C(=O)Cc1ccccc1C(=O)O. The van der Waals surface area contributed by atoms with Crippen molar-refractivity contribution in [2.75, 3.05) is 27.2 Å². The molecule has 0 unspecified atom stereocenters. The maximum Gasteiger partial charge on any atom is 0.335 e. The Labute approximate surface area is 124 Å². The molecule has 1 N–H and O–H groups in total. The van der Waals surface area contributed by atoms with Gasteiger partial charge in [0.1, 0.15) is 0 Å². The first-order valence-corrected chi connectivity index (χ1v) is 6.66. The number of carbonyl (C=O) groups excluding carboxylic acids is 2. The summed E-state index contributed by atoms with van der Waals surface area (Å²) >= 11 is 0. The minimum Gasteiger partial charge on any atom is -0.478 e. The molecule has 0 atom stereocenters. The molecule has 0 aromatic heterocycles. The van der Waals surface area contributed by atoms with Gasteiger partial charge in [0.25, 0.3) is 0 Å². The van der Waals surface area contributed by atoms with Gasteiger partial charge in [0.2, 0.25) is 11.8 Å². The van der Waals surface area contributed by atoms with Gasteiger partial charge in [-0.25, -0.2) is 4.79 Å². The summed E-state index contributed by atoms with van der Waals surface area (Å²) in [6, 6.07) is 6.38. The van der Waals surface area contributed by atoms with Crippen molar-refractivity contribution in [2.45, 2.75) is 13.3 Å². The van der Waals surface area contributed by atoms with E-state index in [1.54, 1.807) is 39.2 Å². The molecule has 1 aromatic carbocycles. The second kappa shape index (κ2) is 7.42. The van der Waals surface area contributed by atoms with Crippen LogP contribution in [0.5, 0.6) is 0 Å². The van der Waals surface area contributed by atoms with Gasteiger partial charge in [-0.1, -0.05) is 18.2 Å². The fraction of sp³-hybridized carbons (Fsp3) is 0.400. The van der Waals surface area contributed by atoms with E-state index in [0.717, 1.165) is 0 Å². The minimum atomic E-state index is -1.06. The van der Waals surface area contributed by atoms with Crippen LogP contribution >= 0.6 is 0 Å². The molecule has 0 aliphatic heterocycles. The molecule has 0 saturated carbocycles. The second-order valence-electron chi connectivity index (χ2n) is 4.84. The van der Waals surface area contributed by atoms with Crippen LogP contribution in [-0.2, 0) is 16.0 Å². The Morgan fingerprint density at radius 1 is 1.10 bits per heavy atom. The molecule has 0 aliphatic carbocycles. The van der Waals surface area contributed by atoms with E-state index in [4.69, 9.17) is 5.11 Å². The lowest BCUT2D eigenvalue weighted by Gasteiger charge is -2.22. The van der Waals surface area contributed by atoms with E-state index >= 15 is 0 Å². The normalized spacial score (nSPS) is 10.0. The van der Waals surface area contributed by atoms with Crippen molar-refractivity contribution in [3.05, 3.63) is 35.4 Å².